The Morgan fingerprint density at radius 1 is 1.09 bits per heavy atom. The van der Waals surface area contributed by atoms with Gasteiger partial charge in [-0.25, -0.2) is 4.39 Å². The molecule has 0 radical (unpaired) electrons. The molecule has 1 rings (SSSR count). The number of benzene rings is 1. The van der Waals surface area contributed by atoms with E-state index in [0.717, 1.165) is 5.56 Å². The maximum absolute atomic E-state index is 12.7. The molecule has 0 saturated carbocycles. The minimum Gasteiger partial charge on any atom is -0.456 e. The smallest absolute Gasteiger partial charge is 0.306 e. The van der Waals surface area contributed by atoms with E-state index in [4.69, 9.17) is 4.74 Å². The molecular weight excluding hydrogens is 291 g/mol. The Bertz CT molecular complexity index is 517. The molecule has 0 heterocycles. The van der Waals surface area contributed by atoms with E-state index < -0.39 is 18.5 Å². The molecule has 0 aliphatic rings. The van der Waals surface area contributed by atoms with Crippen molar-refractivity contribution in [2.24, 2.45) is 0 Å². The first-order valence-corrected chi connectivity index (χ1v) is 6.94. The summed E-state index contributed by atoms with van der Waals surface area (Å²) in [4.78, 5) is 33.9. The largest absolute Gasteiger partial charge is 0.456 e. The molecule has 120 valence electrons. The molecule has 2 N–H and O–H groups in total. The van der Waals surface area contributed by atoms with Crippen molar-refractivity contribution in [3.63, 3.8) is 0 Å². The van der Waals surface area contributed by atoms with Gasteiger partial charge in [-0.1, -0.05) is 12.1 Å². The van der Waals surface area contributed by atoms with Crippen molar-refractivity contribution in [1.82, 2.24) is 10.6 Å². The molecule has 0 aromatic heterocycles. The first-order valence-electron chi connectivity index (χ1n) is 6.94. The lowest BCUT2D eigenvalue weighted by atomic mass is 10.1. The number of carbonyl (C=O) groups is 3. The molecule has 0 bridgehead atoms. The van der Waals surface area contributed by atoms with Gasteiger partial charge in [-0.3, -0.25) is 14.4 Å². The van der Waals surface area contributed by atoms with Crippen LogP contribution in [0.5, 0.6) is 0 Å². The summed E-state index contributed by atoms with van der Waals surface area (Å²) in [6.07, 6.45) is 0.495. The van der Waals surface area contributed by atoms with Crippen LogP contribution in [-0.4, -0.2) is 37.5 Å². The number of nitrogens with one attached hydrogen (secondary N) is 2. The van der Waals surface area contributed by atoms with Crippen LogP contribution in [0, 0.1) is 5.82 Å². The van der Waals surface area contributed by atoms with Gasteiger partial charge in [0.15, 0.2) is 6.61 Å². The van der Waals surface area contributed by atoms with Crippen molar-refractivity contribution >= 4 is 17.8 Å². The molecule has 0 atom stereocenters. The first-order chi connectivity index (χ1) is 10.5. The van der Waals surface area contributed by atoms with Crippen LogP contribution < -0.4 is 10.6 Å². The third kappa shape index (κ3) is 7.37. The van der Waals surface area contributed by atoms with Gasteiger partial charge in [0.25, 0.3) is 5.91 Å². The zero-order chi connectivity index (χ0) is 16.4. The second-order valence-corrected chi connectivity index (χ2v) is 4.52. The van der Waals surface area contributed by atoms with Crippen LogP contribution in [0.25, 0.3) is 0 Å². The van der Waals surface area contributed by atoms with Gasteiger partial charge in [0, 0.05) is 13.0 Å². The Morgan fingerprint density at radius 3 is 2.41 bits per heavy atom. The zero-order valence-electron chi connectivity index (χ0n) is 12.4. The zero-order valence-corrected chi connectivity index (χ0v) is 12.4. The molecule has 0 unspecified atom stereocenters. The summed E-state index contributed by atoms with van der Waals surface area (Å²) in [5.74, 6) is -1.72. The van der Waals surface area contributed by atoms with Crippen LogP contribution in [0.15, 0.2) is 24.3 Å². The molecule has 22 heavy (non-hydrogen) atoms. The minimum atomic E-state index is -0.540. The third-order valence-corrected chi connectivity index (χ3v) is 2.72. The number of ether oxygens (including phenoxy) is 1. The predicted octanol–water partition coefficient (Wildman–Crippen LogP) is 0.554. The molecular formula is C15H19FN2O4. The van der Waals surface area contributed by atoms with Gasteiger partial charge in [-0.05, 0) is 31.0 Å². The number of aryl methyl sites for hydroxylation is 1. The van der Waals surface area contributed by atoms with E-state index in [2.05, 4.69) is 10.6 Å². The highest BCUT2D eigenvalue weighted by molar-refractivity contribution is 5.86. The summed E-state index contributed by atoms with van der Waals surface area (Å²) < 4.78 is 17.5. The molecule has 2 amide bonds. The monoisotopic (exact) mass is 310 g/mol. The second kappa shape index (κ2) is 9.49. The molecule has 0 aliphatic carbocycles. The van der Waals surface area contributed by atoms with E-state index in [0.29, 0.717) is 13.0 Å². The number of hydrogen-bond acceptors (Lipinski definition) is 4. The van der Waals surface area contributed by atoms with Crippen molar-refractivity contribution in [3.8, 4) is 0 Å². The van der Waals surface area contributed by atoms with Gasteiger partial charge < -0.3 is 15.4 Å². The van der Waals surface area contributed by atoms with Gasteiger partial charge in [-0.15, -0.1) is 0 Å². The highest BCUT2D eigenvalue weighted by Gasteiger charge is 2.09. The Hall–Kier alpha value is -2.44. The normalized spacial score (nSPS) is 9.91. The molecule has 6 nitrogen and oxygen atoms in total. The van der Waals surface area contributed by atoms with Crippen molar-refractivity contribution in [2.45, 2.75) is 19.8 Å². The standard InChI is InChI=1S/C15H19FN2O4/c1-2-17-13(19)9-18-14(20)10-22-15(21)8-5-11-3-6-12(16)7-4-11/h3-4,6-7H,2,5,8-10H2,1H3,(H,17,19)(H,18,20). The highest BCUT2D eigenvalue weighted by Crippen LogP contribution is 2.05. The molecule has 0 saturated heterocycles. The van der Waals surface area contributed by atoms with Crippen LogP contribution in [0.3, 0.4) is 0 Å². The SMILES string of the molecule is CCNC(=O)CNC(=O)COC(=O)CCc1ccc(F)cc1. The van der Waals surface area contributed by atoms with Crippen LogP contribution in [0.4, 0.5) is 4.39 Å². The second-order valence-electron chi connectivity index (χ2n) is 4.52. The average Bonchev–Trinajstić information content (AvgIpc) is 2.50. The van der Waals surface area contributed by atoms with Crippen LogP contribution in [0.2, 0.25) is 0 Å². The molecule has 0 spiro atoms. The van der Waals surface area contributed by atoms with Crippen LogP contribution >= 0.6 is 0 Å². The number of hydrogen-bond donors (Lipinski definition) is 2. The fourth-order valence-corrected chi connectivity index (χ4v) is 1.61. The lowest BCUT2D eigenvalue weighted by Gasteiger charge is -2.06. The lowest BCUT2D eigenvalue weighted by molar-refractivity contribution is -0.148. The third-order valence-electron chi connectivity index (χ3n) is 2.72. The molecule has 1 aromatic rings. The summed E-state index contributed by atoms with van der Waals surface area (Å²) in [5.41, 5.74) is 0.805. The predicted molar refractivity (Wildman–Crippen MR) is 77.4 cm³/mol. The number of esters is 1. The Morgan fingerprint density at radius 2 is 1.77 bits per heavy atom. The van der Waals surface area contributed by atoms with Gasteiger partial charge in [0.1, 0.15) is 5.82 Å². The van der Waals surface area contributed by atoms with E-state index in [1.165, 1.54) is 12.1 Å². The van der Waals surface area contributed by atoms with Gasteiger partial charge >= 0.3 is 5.97 Å². The molecule has 1 aromatic carbocycles. The van der Waals surface area contributed by atoms with E-state index in [1.807, 2.05) is 0 Å². The Labute approximate surface area is 128 Å². The van der Waals surface area contributed by atoms with E-state index in [1.54, 1.807) is 19.1 Å². The van der Waals surface area contributed by atoms with Crippen LogP contribution in [0.1, 0.15) is 18.9 Å². The van der Waals surface area contributed by atoms with Crippen molar-refractivity contribution in [1.29, 1.82) is 0 Å². The maximum Gasteiger partial charge on any atom is 0.306 e. The van der Waals surface area contributed by atoms with Crippen molar-refractivity contribution in [3.05, 3.63) is 35.6 Å². The number of carbonyl (C=O) groups excluding carboxylic acids is 3. The first kappa shape index (κ1) is 17.6. The van der Waals surface area contributed by atoms with E-state index in [9.17, 15) is 18.8 Å². The fourth-order valence-electron chi connectivity index (χ4n) is 1.61. The summed E-state index contributed by atoms with van der Waals surface area (Å²) in [5, 5.41) is 4.85. The van der Waals surface area contributed by atoms with Crippen molar-refractivity contribution in [2.75, 3.05) is 19.7 Å². The lowest BCUT2D eigenvalue weighted by Crippen LogP contribution is -2.38. The molecule has 0 fully saturated rings. The number of rotatable bonds is 8. The number of likely N-dealkylation sites (N-methyl/N-ethyl adjacent to an activating group) is 1. The summed E-state index contributed by atoms with van der Waals surface area (Å²) >= 11 is 0. The quantitative estimate of drug-likeness (QED) is 0.687. The Balaban J connectivity index is 2.18. The van der Waals surface area contributed by atoms with E-state index in [-0.39, 0.29) is 24.7 Å². The maximum atomic E-state index is 12.7. The fraction of sp³-hybridized carbons (Fsp3) is 0.400. The minimum absolute atomic E-state index is 0.0925. The molecule has 0 aliphatic heterocycles. The summed E-state index contributed by atoms with van der Waals surface area (Å²) in [6.45, 7) is 1.66. The summed E-state index contributed by atoms with van der Waals surface area (Å²) in [7, 11) is 0. The van der Waals surface area contributed by atoms with Gasteiger partial charge in [-0.2, -0.15) is 0 Å². The highest BCUT2D eigenvalue weighted by atomic mass is 19.1. The topological polar surface area (TPSA) is 84.5 Å². The summed E-state index contributed by atoms with van der Waals surface area (Å²) in [6, 6.07) is 5.80. The van der Waals surface area contributed by atoms with E-state index >= 15 is 0 Å². The van der Waals surface area contributed by atoms with Gasteiger partial charge in [0.05, 0.1) is 6.54 Å². The average molecular weight is 310 g/mol. The number of amides is 2. The van der Waals surface area contributed by atoms with Crippen molar-refractivity contribution < 1.29 is 23.5 Å². The Kier molecular flexibility index (Phi) is 7.60. The number of halogens is 1. The molecule has 7 heteroatoms. The van der Waals surface area contributed by atoms with Gasteiger partial charge in [0.2, 0.25) is 5.91 Å². The van der Waals surface area contributed by atoms with Crippen LogP contribution in [-0.2, 0) is 25.5 Å².